The molecule has 3 aromatic rings. The molecule has 0 unspecified atom stereocenters. The fourth-order valence-electron chi connectivity index (χ4n) is 2.30. The molecule has 25 heavy (non-hydrogen) atoms. The van der Waals surface area contributed by atoms with E-state index in [2.05, 4.69) is 10.1 Å². The monoisotopic (exact) mass is 373 g/mol. The van der Waals surface area contributed by atoms with Crippen molar-refractivity contribution in [1.82, 2.24) is 9.66 Å². The average Bonchev–Trinajstić information content (AvgIpc) is 2.99. The van der Waals surface area contributed by atoms with Crippen LogP contribution in [0.3, 0.4) is 0 Å². The Morgan fingerprint density at radius 2 is 2.08 bits per heavy atom. The summed E-state index contributed by atoms with van der Waals surface area (Å²) in [7, 11) is 0. The van der Waals surface area contributed by atoms with Gasteiger partial charge in [-0.2, -0.15) is 5.10 Å². The van der Waals surface area contributed by atoms with Crippen LogP contribution in [0.1, 0.15) is 12.5 Å². The third-order valence-electron chi connectivity index (χ3n) is 3.47. The van der Waals surface area contributed by atoms with E-state index < -0.39 is 0 Å². The van der Waals surface area contributed by atoms with Gasteiger partial charge in [0, 0.05) is 0 Å². The number of halogens is 1. The lowest BCUT2D eigenvalue weighted by atomic mass is 10.2. The second kappa shape index (κ2) is 7.55. The quantitative estimate of drug-likeness (QED) is 0.496. The summed E-state index contributed by atoms with van der Waals surface area (Å²) in [5.41, 5.74) is 2.59. The second-order valence-corrected chi connectivity index (χ2v) is 6.00. The first-order chi connectivity index (χ1) is 12.1. The number of nitrogens with zero attached hydrogens (tertiary/aromatic N) is 2. The number of hydrogen-bond acceptors (Lipinski definition) is 4. The summed E-state index contributed by atoms with van der Waals surface area (Å²) in [4.78, 5) is 3.12. The zero-order valence-electron chi connectivity index (χ0n) is 13.4. The van der Waals surface area contributed by atoms with E-state index >= 15 is 0 Å². The van der Waals surface area contributed by atoms with Crippen LogP contribution in [0.15, 0.2) is 53.8 Å². The number of benzene rings is 2. The number of ether oxygens (including phenoxy) is 1. The lowest BCUT2D eigenvalue weighted by molar-refractivity contribution is 0.318. The molecule has 7 heteroatoms. The Balaban J connectivity index is 1.90. The molecule has 128 valence electrons. The van der Waals surface area contributed by atoms with E-state index in [1.165, 1.54) is 0 Å². The van der Waals surface area contributed by atoms with Crippen LogP contribution in [0.2, 0.25) is 5.02 Å². The normalized spacial score (nSPS) is 11.1. The average molecular weight is 374 g/mol. The highest BCUT2D eigenvalue weighted by atomic mass is 35.5. The number of nitrogens with one attached hydrogen (secondary N) is 1. The van der Waals surface area contributed by atoms with E-state index in [1.807, 2.05) is 43.5 Å². The van der Waals surface area contributed by atoms with Crippen molar-refractivity contribution in [2.24, 2.45) is 5.10 Å². The summed E-state index contributed by atoms with van der Waals surface area (Å²) >= 11 is 11.3. The van der Waals surface area contributed by atoms with Gasteiger partial charge in [-0.05, 0) is 42.4 Å². The van der Waals surface area contributed by atoms with Crippen LogP contribution in [-0.4, -0.2) is 27.6 Å². The van der Waals surface area contributed by atoms with Gasteiger partial charge in [-0.15, -0.1) is 0 Å². The topological polar surface area (TPSA) is 62.5 Å². The molecule has 0 amide bonds. The Kier molecular flexibility index (Phi) is 5.21. The van der Waals surface area contributed by atoms with Crippen LogP contribution in [0.4, 0.5) is 0 Å². The number of H-pyrrole nitrogens is 1. The van der Waals surface area contributed by atoms with Crippen molar-refractivity contribution in [3.63, 3.8) is 0 Å². The molecule has 0 saturated carbocycles. The van der Waals surface area contributed by atoms with Crippen molar-refractivity contribution in [3.8, 4) is 22.8 Å². The van der Waals surface area contributed by atoms with Crippen molar-refractivity contribution in [2.75, 3.05) is 6.61 Å². The van der Waals surface area contributed by atoms with Crippen molar-refractivity contribution in [3.05, 3.63) is 64.0 Å². The highest BCUT2D eigenvalue weighted by molar-refractivity contribution is 7.71. The molecule has 0 fully saturated rings. The van der Waals surface area contributed by atoms with Crippen molar-refractivity contribution in [1.29, 1.82) is 0 Å². The molecule has 2 aromatic carbocycles. The summed E-state index contributed by atoms with van der Waals surface area (Å²) < 4.78 is 7.41. The molecular formula is C18H16ClN3O2S. The van der Waals surface area contributed by atoms with Gasteiger partial charge in [-0.3, -0.25) is 0 Å². The SMILES string of the molecule is CCOc1cc(/C=N/n2cc(-c3ccccc3)[nH]c2=S)cc(Cl)c1O. The number of phenolic OH excluding ortho intramolecular Hbond substituents is 1. The summed E-state index contributed by atoms with van der Waals surface area (Å²) in [6.07, 6.45) is 3.42. The summed E-state index contributed by atoms with van der Waals surface area (Å²) in [6, 6.07) is 13.1. The maximum absolute atomic E-state index is 9.88. The number of aromatic nitrogens is 2. The smallest absolute Gasteiger partial charge is 0.198 e. The maximum Gasteiger partial charge on any atom is 0.198 e. The van der Waals surface area contributed by atoms with E-state index in [1.54, 1.807) is 23.0 Å². The third-order valence-corrected chi connectivity index (χ3v) is 4.04. The lowest BCUT2D eigenvalue weighted by Gasteiger charge is -2.08. The Hall–Kier alpha value is -2.57. The van der Waals surface area contributed by atoms with Gasteiger partial charge in [-0.1, -0.05) is 41.9 Å². The number of hydrogen-bond donors (Lipinski definition) is 2. The first kappa shape index (κ1) is 17.3. The molecule has 5 nitrogen and oxygen atoms in total. The van der Waals surface area contributed by atoms with Crippen LogP contribution in [0.25, 0.3) is 11.3 Å². The molecule has 0 aliphatic carbocycles. The molecule has 0 aliphatic rings. The maximum atomic E-state index is 9.88. The summed E-state index contributed by atoms with van der Waals surface area (Å²) in [6.45, 7) is 2.26. The van der Waals surface area contributed by atoms with Crippen molar-refractivity contribution >= 4 is 30.0 Å². The van der Waals surface area contributed by atoms with Gasteiger partial charge in [-0.25, -0.2) is 4.68 Å². The van der Waals surface area contributed by atoms with E-state index in [0.717, 1.165) is 11.3 Å². The standard InChI is InChI=1S/C18H16ClN3O2S/c1-2-24-16-9-12(8-14(19)17(16)23)10-20-22-11-15(21-18(22)25)13-6-4-3-5-7-13/h3-11,23H,2H2,1H3,(H,21,25)/b20-10+. The van der Waals surface area contributed by atoms with E-state index in [0.29, 0.717) is 22.7 Å². The first-order valence-corrected chi connectivity index (χ1v) is 8.44. The Bertz CT molecular complexity index is 964. The van der Waals surface area contributed by atoms with Gasteiger partial charge < -0.3 is 14.8 Å². The number of aromatic amines is 1. The zero-order valence-corrected chi connectivity index (χ0v) is 15.0. The molecule has 1 heterocycles. The lowest BCUT2D eigenvalue weighted by Crippen LogP contribution is -1.95. The van der Waals surface area contributed by atoms with Crippen LogP contribution in [0, 0.1) is 4.77 Å². The van der Waals surface area contributed by atoms with Gasteiger partial charge in [0.1, 0.15) is 0 Å². The Morgan fingerprint density at radius 3 is 2.80 bits per heavy atom. The Morgan fingerprint density at radius 1 is 1.32 bits per heavy atom. The van der Waals surface area contributed by atoms with E-state index in [9.17, 15) is 5.11 Å². The van der Waals surface area contributed by atoms with Crippen LogP contribution < -0.4 is 4.74 Å². The Labute approximate surface area is 155 Å². The molecule has 0 radical (unpaired) electrons. The second-order valence-electron chi connectivity index (χ2n) is 5.21. The predicted molar refractivity (Wildman–Crippen MR) is 102 cm³/mol. The highest BCUT2D eigenvalue weighted by Gasteiger charge is 2.09. The van der Waals surface area contributed by atoms with Crippen LogP contribution >= 0.6 is 23.8 Å². The van der Waals surface area contributed by atoms with Gasteiger partial charge in [0.25, 0.3) is 0 Å². The zero-order chi connectivity index (χ0) is 17.8. The number of rotatable bonds is 5. The van der Waals surface area contributed by atoms with Crippen LogP contribution in [0.5, 0.6) is 11.5 Å². The number of phenols is 1. The molecule has 2 N–H and O–H groups in total. The summed E-state index contributed by atoms with van der Waals surface area (Å²) in [5, 5.41) is 14.4. The van der Waals surface area contributed by atoms with Crippen molar-refractivity contribution < 1.29 is 9.84 Å². The molecule has 0 spiro atoms. The van der Waals surface area contributed by atoms with Gasteiger partial charge >= 0.3 is 0 Å². The third kappa shape index (κ3) is 3.92. The molecule has 0 bridgehead atoms. The fraction of sp³-hybridized carbons (Fsp3) is 0.111. The van der Waals surface area contributed by atoms with Gasteiger partial charge in [0.05, 0.1) is 29.7 Å². The van der Waals surface area contributed by atoms with E-state index in [-0.39, 0.29) is 10.8 Å². The number of imidazole rings is 1. The largest absolute Gasteiger partial charge is 0.503 e. The molecule has 1 aromatic heterocycles. The van der Waals surface area contributed by atoms with E-state index in [4.69, 9.17) is 28.6 Å². The molecule has 0 atom stereocenters. The molecular weight excluding hydrogens is 358 g/mol. The van der Waals surface area contributed by atoms with Gasteiger partial charge in [0.15, 0.2) is 16.3 Å². The molecule has 0 saturated heterocycles. The highest BCUT2D eigenvalue weighted by Crippen LogP contribution is 2.34. The van der Waals surface area contributed by atoms with Gasteiger partial charge in [0.2, 0.25) is 0 Å². The predicted octanol–water partition coefficient (Wildman–Crippen LogP) is 4.85. The van der Waals surface area contributed by atoms with Crippen LogP contribution in [-0.2, 0) is 0 Å². The summed E-state index contributed by atoms with van der Waals surface area (Å²) in [5.74, 6) is 0.240. The minimum Gasteiger partial charge on any atom is -0.503 e. The minimum atomic E-state index is -0.0784. The minimum absolute atomic E-state index is 0.0784. The fourth-order valence-corrected chi connectivity index (χ4v) is 2.73. The number of aromatic hydroxyl groups is 1. The molecule has 3 rings (SSSR count). The van der Waals surface area contributed by atoms with Crippen molar-refractivity contribution in [2.45, 2.75) is 6.92 Å². The first-order valence-electron chi connectivity index (χ1n) is 7.65. The molecule has 0 aliphatic heterocycles.